The van der Waals surface area contributed by atoms with Gasteiger partial charge >= 0.3 is 5.97 Å². The van der Waals surface area contributed by atoms with Crippen molar-refractivity contribution in [3.8, 4) is 0 Å². The van der Waals surface area contributed by atoms with Gasteiger partial charge < -0.3 is 39.2 Å². The van der Waals surface area contributed by atoms with E-state index >= 15 is 0 Å². The van der Waals surface area contributed by atoms with E-state index in [1.54, 1.807) is 44.5 Å². The highest BCUT2D eigenvalue weighted by Crippen LogP contribution is 2.39. The van der Waals surface area contributed by atoms with E-state index in [-0.39, 0.29) is 42.4 Å². The Hall–Kier alpha value is -3.38. The molecule has 2 fully saturated rings. The maximum atomic E-state index is 13.8. The van der Waals surface area contributed by atoms with Crippen LogP contribution in [0.15, 0.2) is 30.5 Å². The van der Waals surface area contributed by atoms with Crippen LogP contribution in [0.4, 0.5) is 5.69 Å². The van der Waals surface area contributed by atoms with Crippen molar-refractivity contribution in [3.63, 3.8) is 0 Å². The largest absolute Gasteiger partial charge is 0.459 e. The molecule has 2 aliphatic heterocycles. The number of aliphatic hydroxyl groups is 3. The topological polar surface area (TPSA) is 209 Å². The Bertz CT molecular complexity index is 1620. The summed E-state index contributed by atoms with van der Waals surface area (Å²) in [6.45, 7) is 14.9. The summed E-state index contributed by atoms with van der Waals surface area (Å²) in [7, 11) is 3.46. The number of nitro groups is 1. The molecule has 314 valence electrons. The van der Waals surface area contributed by atoms with Crippen molar-refractivity contribution in [2.45, 2.75) is 148 Å². The van der Waals surface area contributed by atoms with Gasteiger partial charge in [0.25, 0.3) is 5.69 Å². The number of cyclic esters (lactones) is 1. The van der Waals surface area contributed by atoms with Gasteiger partial charge in [0.05, 0.1) is 47.0 Å². The number of aromatic nitrogens is 3. The normalized spacial score (nSPS) is 36.6. The van der Waals surface area contributed by atoms with Crippen molar-refractivity contribution in [1.82, 2.24) is 19.9 Å². The zero-order chi connectivity index (χ0) is 41.7. The van der Waals surface area contributed by atoms with Crippen molar-refractivity contribution in [1.29, 1.82) is 0 Å². The maximum absolute atomic E-state index is 13.8. The standard InChI is InChI=1S/C40H63N5O11/c1-11-32-40(8,50)35(48)27(6)33(46)25(4)20-39(7,53-10)36(23(2)18-24(3)37(49)55-32)56-38-34(47)31(19-26(5)54-38)43(9)17-16-29-22-44(42-41-29)21-28-12-14-30(15-13-28)45(51)52/h12-15,22-27,31-32,34-36,38,47-48,50H,11,16-21H2,1-10H3/t23-,24+,25+,26+,27-,31-,32+,34+,35+,36+,38-,39+,40+/m0/s1. The van der Waals surface area contributed by atoms with E-state index in [9.17, 15) is 35.0 Å². The highest BCUT2D eigenvalue weighted by atomic mass is 16.7. The quantitative estimate of drug-likeness (QED) is 0.169. The number of hydrogen-bond donors (Lipinski definition) is 3. The highest BCUT2D eigenvalue weighted by molar-refractivity contribution is 5.83. The lowest BCUT2D eigenvalue weighted by Crippen LogP contribution is -2.59. The van der Waals surface area contributed by atoms with E-state index in [0.717, 1.165) is 11.3 Å². The molecule has 4 rings (SSSR count). The molecule has 1 aromatic heterocycles. The molecule has 0 radical (unpaired) electrons. The molecule has 3 N–H and O–H groups in total. The fourth-order valence-electron chi connectivity index (χ4n) is 8.48. The van der Waals surface area contributed by atoms with Crippen LogP contribution in [0.5, 0.6) is 0 Å². The number of rotatable bonds is 11. The van der Waals surface area contributed by atoms with Gasteiger partial charge in [-0.25, -0.2) is 4.68 Å². The summed E-state index contributed by atoms with van der Waals surface area (Å²) in [5.41, 5.74) is -1.35. The molecule has 2 saturated heterocycles. The third-order valence-electron chi connectivity index (χ3n) is 12.0. The van der Waals surface area contributed by atoms with E-state index in [4.69, 9.17) is 18.9 Å². The Morgan fingerprint density at radius 3 is 2.34 bits per heavy atom. The predicted octanol–water partition coefficient (Wildman–Crippen LogP) is 3.70. The Morgan fingerprint density at radius 1 is 1.07 bits per heavy atom. The number of nitrogens with zero attached hydrogens (tertiary/aromatic N) is 5. The van der Waals surface area contributed by atoms with Crippen LogP contribution in [-0.2, 0) is 41.5 Å². The first-order valence-electron chi connectivity index (χ1n) is 19.7. The number of benzene rings is 1. The third kappa shape index (κ3) is 10.6. The first-order chi connectivity index (χ1) is 26.2. The minimum atomic E-state index is -1.87. The van der Waals surface area contributed by atoms with Gasteiger partial charge in [-0.15, -0.1) is 5.10 Å². The number of carbonyl (C=O) groups excluding carboxylic acids is 2. The molecule has 13 atom stereocenters. The molecule has 2 aliphatic rings. The Labute approximate surface area is 330 Å². The second-order valence-electron chi connectivity index (χ2n) is 16.7. The number of esters is 1. The molecule has 16 heteroatoms. The molecule has 56 heavy (non-hydrogen) atoms. The van der Waals surface area contributed by atoms with Crippen molar-refractivity contribution in [2.24, 2.45) is 23.7 Å². The SMILES string of the molecule is CC[C@H]1OC(=O)[C@H](C)C[C@H](C)[C@@H](O[C@@H]2O[C@H](C)C[C@H](N(C)CCc3cn(Cc4ccc([N+](=O)[O-])cc4)nn3)[C@H]2O)[C@](C)(OC)C[C@@H](C)C(=O)[C@H](C)[C@@H](O)[C@]1(C)O. The van der Waals surface area contributed by atoms with Crippen LogP contribution in [0, 0.1) is 33.8 Å². The van der Waals surface area contributed by atoms with Gasteiger partial charge in [0, 0.05) is 56.3 Å². The molecule has 0 spiro atoms. The smallest absolute Gasteiger partial charge is 0.309 e. The number of ether oxygens (including phenoxy) is 4. The molecule has 3 heterocycles. The zero-order valence-corrected chi connectivity index (χ0v) is 34.5. The lowest BCUT2D eigenvalue weighted by Gasteiger charge is -2.47. The summed E-state index contributed by atoms with van der Waals surface area (Å²) in [5, 5.41) is 54.0. The fraction of sp³-hybridized carbons (Fsp3) is 0.750. The molecule has 0 saturated carbocycles. The molecule has 0 amide bonds. The number of carbonyl (C=O) groups is 2. The minimum absolute atomic E-state index is 0.0212. The zero-order valence-electron chi connectivity index (χ0n) is 34.5. The molecule has 16 nitrogen and oxygen atoms in total. The minimum Gasteiger partial charge on any atom is -0.459 e. The van der Waals surface area contributed by atoms with Gasteiger partial charge in [0.15, 0.2) is 6.29 Å². The van der Waals surface area contributed by atoms with Crippen molar-refractivity contribution in [3.05, 3.63) is 51.8 Å². The predicted molar refractivity (Wildman–Crippen MR) is 205 cm³/mol. The lowest BCUT2D eigenvalue weighted by atomic mass is 9.74. The van der Waals surface area contributed by atoms with Crippen molar-refractivity contribution in [2.75, 3.05) is 20.7 Å². The molecular weight excluding hydrogens is 726 g/mol. The number of ketones is 1. The van der Waals surface area contributed by atoms with E-state index < -0.39 is 70.6 Å². The van der Waals surface area contributed by atoms with Gasteiger partial charge in [0.2, 0.25) is 0 Å². The summed E-state index contributed by atoms with van der Waals surface area (Å²) >= 11 is 0. The number of nitro benzene ring substituents is 1. The van der Waals surface area contributed by atoms with E-state index in [0.29, 0.717) is 32.4 Å². The molecule has 2 aromatic rings. The molecule has 1 aromatic carbocycles. The van der Waals surface area contributed by atoms with Crippen LogP contribution < -0.4 is 0 Å². The summed E-state index contributed by atoms with van der Waals surface area (Å²) in [6.07, 6.45) is -2.07. The van der Waals surface area contributed by atoms with Crippen LogP contribution in [0.1, 0.15) is 92.3 Å². The average molecular weight is 790 g/mol. The Kier molecular flexibility index (Phi) is 15.3. The summed E-state index contributed by atoms with van der Waals surface area (Å²) in [6, 6.07) is 5.94. The number of non-ortho nitro benzene ring substituents is 1. The van der Waals surface area contributed by atoms with Crippen molar-refractivity contribution >= 4 is 17.4 Å². The Balaban J connectivity index is 1.52. The van der Waals surface area contributed by atoms with Crippen molar-refractivity contribution < 1.29 is 48.8 Å². The maximum Gasteiger partial charge on any atom is 0.309 e. The second-order valence-corrected chi connectivity index (χ2v) is 16.7. The number of methoxy groups -OCH3 is 1. The van der Waals surface area contributed by atoms with Crippen LogP contribution in [-0.4, -0.2) is 127 Å². The summed E-state index contributed by atoms with van der Waals surface area (Å²) in [4.78, 5) is 39.9. The van der Waals surface area contributed by atoms with Gasteiger partial charge in [0.1, 0.15) is 23.6 Å². The Morgan fingerprint density at radius 2 is 1.73 bits per heavy atom. The number of aliphatic hydroxyl groups excluding tert-OH is 2. The van der Waals surface area contributed by atoms with Gasteiger partial charge in [-0.1, -0.05) is 52.0 Å². The molecular formula is C40H63N5O11. The van der Waals surface area contributed by atoms with E-state index in [1.807, 2.05) is 38.9 Å². The first kappa shape index (κ1) is 45.3. The van der Waals surface area contributed by atoms with Gasteiger partial charge in [-0.05, 0) is 65.0 Å². The number of Topliss-reactive ketones (excluding diaryl/α,β-unsaturated/α-hetero) is 1. The van der Waals surface area contributed by atoms with Crippen LogP contribution in [0.3, 0.4) is 0 Å². The summed E-state index contributed by atoms with van der Waals surface area (Å²) < 4.78 is 26.7. The second kappa shape index (κ2) is 18.9. The van der Waals surface area contributed by atoms with E-state index in [2.05, 4.69) is 10.3 Å². The molecule has 0 bridgehead atoms. The molecule has 0 aliphatic carbocycles. The highest BCUT2D eigenvalue weighted by Gasteiger charge is 2.50. The van der Waals surface area contributed by atoms with Crippen LogP contribution >= 0.6 is 0 Å². The molecule has 0 unspecified atom stereocenters. The first-order valence-corrected chi connectivity index (χ1v) is 19.7. The third-order valence-corrected chi connectivity index (χ3v) is 12.0. The summed E-state index contributed by atoms with van der Waals surface area (Å²) in [5.74, 6) is -3.41. The number of likely N-dealkylation sites (N-methyl/N-ethyl adjacent to an activating group) is 1. The lowest BCUT2D eigenvalue weighted by molar-refractivity contribution is -0.384. The van der Waals surface area contributed by atoms with Crippen LogP contribution in [0.2, 0.25) is 0 Å². The average Bonchev–Trinajstić information content (AvgIpc) is 3.61. The fourth-order valence-corrected chi connectivity index (χ4v) is 8.48. The van der Waals surface area contributed by atoms with Crippen LogP contribution in [0.25, 0.3) is 0 Å². The van der Waals surface area contributed by atoms with Gasteiger partial charge in [-0.3, -0.25) is 19.7 Å². The monoisotopic (exact) mass is 789 g/mol. The number of hydrogen-bond acceptors (Lipinski definition) is 14. The van der Waals surface area contributed by atoms with E-state index in [1.165, 1.54) is 26.2 Å². The van der Waals surface area contributed by atoms with Gasteiger partial charge in [-0.2, -0.15) is 0 Å².